The summed E-state index contributed by atoms with van der Waals surface area (Å²) < 4.78 is 9.98. The van der Waals surface area contributed by atoms with Gasteiger partial charge in [0, 0.05) is 10.7 Å². The number of alkyl carbamates (subject to hydrolysis) is 1. The van der Waals surface area contributed by atoms with Crippen molar-refractivity contribution < 1.29 is 19.1 Å². The molecule has 1 atom stereocenters. The number of halogens is 1. The molecule has 0 aromatic heterocycles. The lowest BCUT2D eigenvalue weighted by molar-refractivity contribution is 0.0985. The number of anilines is 1. The minimum atomic E-state index is -0.608. The Morgan fingerprint density at radius 2 is 1.71 bits per heavy atom. The Hall–Kier alpha value is -1.95. The van der Waals surface area contributed by atoms with Crippen LogP contribution in [0.25, 0.3) is 0 Å². The summed E-state index contributed by atoms with van der Waals surface area (Å²) in [5.74, 6) is 0. The maximum Gasteiger partial charge on any atom is 0.411 e. The molecule has 6 nitrogen and oxygen atoms in total. The predicted molar refractivity (Wildman–Crippen MR) is 80.6 cm³/mol. The molecule has 0 unspecified atom stereocenters. The van der Waals surface area contributed by atoms with Gasteiger partial charge < -0.3 is 14.8 Å². The van der Waals surface area contributed by atoms with E-state index in [1.807, 2.05) is 0 Å². The van der Waals surface area contributed by atoms with Gasteiger partial charge in [-0.2, -0.15) is 0 Å². The van der Waals surface area contributed by atoms with Crippen LogP contribution < -0.4 is 10.6 Å². The first-order valence-electron chi connectivity index (χ1n) is 6.54. The van der Waals surface area contributed by atoms with E-state index >= 15 is 0 Å². The van der Waals surface area contributed by atoms with Crippen LogP contribution in [0.4, 0.5) is 15.3 Å². The molecule has 0 saturated carbocycles. The topological polar surface area (TPSA) is 76.7 Å². The van der Waals surface area contributed by atoms with Crippen LogP contribution in [0.3, 0.4) is 0 Å². The molecule has 1 rings (SSSR count). The SMILES string of the molecule is CC(C)OC(=O)NC[C@@H](C)OC(=O)Nc1ccc(Cl)cc1. The summed E-state index contributed by atoms with van der Waals surface area (Å²) in [6.45, 7) is 5.33. The minimum Gasteiger partial charge on any atom is -0.447 e. The van der Waals surface area contributed by atoms with E-state index in [9.17, 15) is 9.59 Å². The quantitative estimate of drug-likeness (QED) is 0.873. The molecule has 2 amide bonds. The number of carbonyl (C=O) groups excluding carboxylic acids is 2. The molecule has 1 aromatic rings. The monoisotopic (exact) mass is 314 g/mol. The molecule has 7 heteroatoms. The van der Waals surface area contributed by atoms with Crippen molar-refractivity contribution in [3.05, 3.63) is 29.3 Å². The van der Waals surface area contributed by atoms with Crippen LogP contribution in [-0.4, -0.2) is 30.9 Å². The number of rotatable bonds is 5. The van der Waals surface area contributed by atoms with Gasteiger partial charge in [-0.15, -0.1) is 0 Å². The molecule has 0 aliphatic carbocycles. The van der Waals surface area contributed by atoms with E-state index in [1.165, 1.54) is 0 Å². The fourth-order valence-corrected chi connectivity index (χ4v) is 1.51. The zero-order valence-corrected chi connectivity index (χ0v) is 12.9. The molecule has 0 aliphatic heterocycles. The molecule has 0 radical (unpaired) electrons. The average Bonchev–Trinajstić information content (AvgIpc) is 2.38. The second-order valence-corrected chi connectivity index (χ2v) is 5.12. The highest BCUT2D eigenvalue weighted by Crippen LogP contribution is 2.13. The first kappa shape index (κ1) is 17.1. The zero-order chi connectivity index (χ0) is 15.8. The molecule has 0 bridgehead atoms. The Morgan fingerprint density at radius 3 is 2.29 bits per heavy atom. The molecular formula is C14H19ClN2O4. The molecular weight excluding hydrogens is 296 g/mol. The van der Waals surface area contributed by atoms with E-state index < -0.39 is 18.3 Å². The van der Waals surface area contributed by atoms with Crippen LogP contribution >= 0.6 is 11.6 Å². The minimum absolute atomic E-state index is 0.166. The van der Waals surface area contributed by atoms with Crippen molar-refractivity contribution in [3.63, 3.8) is 0 Å². The van der Waals surface area contributed by atoms with Crippen molar-refractivity contribution in [3.8, 4) is 0 Å². The largest absolute Gasteiger partial charge is 0.447 e. The number of carbonyl (C=O) groups is 2. The summed E-state index contributed by atoms with van der Waals surface area (Å²) in [6.07, 6.45) is -1.84. The smallest absolute Gasteiger partial charge is 0.411 e. The molecule has 1 aromatic carbocycles. The maximum atomic E-state index is 11.6. The van der Waals surface area contributed by atoms with E-state index in [1.54, 1.807) is 45.0 Å². The number of ether oxygens (including phenoxy) is 2. The van der Waals surface area contributed by atoms with Crippen molar-refractivity contribution in [2.45, 2.75) is 33.0 Å². The van der Waals surface area contributed by atoms with Gasteiger partial charge in [0.2, 0.25) is 0 Å². The fraction of sp³-hybridized carbons (Fsp3) is 0.429. The third-order valence-corrected chi connectivity index (χ3v) is 2.53. The summed E-state index contributed by atoms with van der Waals surface area (Å²) in [5.41, 5.74) is 0.573. The van der Waals surface area contributed by atoms with E-state index in [0.717, 1.165) is 0 Å². The van der Waals surface area contributed by atoms with Crippen LogP contribution in [0.1, 0.15) is 20.8 Å². The third kappa shape index (κ3) is 7.41. The van der Waals surface area contributed by atoms with Gasteiger partial charge in [0.05, 0.1) is 12.6 Å². The molecule has 0 spiro atoms. The lowest BCUT2D eigenvalue weighted by Gasteiger charge is -2.15. The Morgan fingerprint density at radius 1 is 1.10 bits per heavy atom. The van der Waals surface area contributed by atoms with Crippen molar-refractivity contribution in [1.29, 1.82) is 0 Å². The summed E-state index contributed by atoms with van der Waals surface area (Å²) >= 11 is 5.74. The Labute approximate surface area is 128 Å². The summed E-state index contributed by atoms with van der Waals surface area (Å²) in [4.78, 5) is 22.9. The predicted octanol–water partition coefficient (Wildman–Crippen LogP) is 3.41. The first-order valence-corrected chi connectivity index (χ1v) is 6.92. The number of hydrogen-bond donors (Lipinski definition) is 2. The summed E-state index contributed by atoms with van der Waals surface area (Å²) in [7, 11) is 0. The second-order valence-electron chi connectivity index (χ2n) is 4.68. The molecule has 0 saturated heterocycles. The molecule has 0 aliphatic rings. The lowest BCUT2D eigenvalue weighted by Crippen LogP contribution is -2.35. The number of amides is 2. The van der Waals surface area contributed by atoms with Gasteiger partial charge in [-0.3, -0.25) is 5.32 Å². The van der Waals surface area contributed by atoms with Gasteiger partial charge in [0.25, 0.3) is 0 Å². The fourth-order valence-electron chi connectivity index (χ4n) is 1.39. The first-order chi connectivity index (χ1) is 9.86. The average molecular weight is 315 g/mol. The van der Waals surface area contributed by atoms with Crippen molar-refractivity contribution in [1.82, 2.24) is 5.32 Å². The van der Waals surface area contributed by atoms with Gasteiger partial charge in [-0.05, 0) is 45.0 Å². The number of hydrogen-bond acceptors (Lipinski definition) is 4. The van der Waals surface area contributed by atoms with E-state index in [4.69, 9.17) is 21.1 Å². The Balaban J connectivity index is 2.30. The maximum absolute atomic E-state index is 11.6. The standard InChI is InChI=1S/C14H19ClN2O4/c1-9(2)20-13(18)16-8-10(3)21-14(19)17-12-6-4-11(15)5-7-12/h4-7,9-10H,8H2,1-3H3,(H,16,18)(H,17,19)/t10-/m1/s1. The Kier molecular flexibility index (Phi) is 6.81. The van der Waals surface area contributed by atoms with Gasteiger partial charge in [0.1, 0.15) is 6.10 Å². The molecule has 116 valence electrons. The van der Waals surface area contributed by atoms with Crippen molar-refractivity contribution in [2.75, 3.05) is 11.9 Å². The number of nitrogens with one attached hydrogen (secondary N) is 2. The van der Waals surface area contributed by atoms with Crippen LogP contribution in [-0.2, 0) is 9.47 Å². The highest BCUT2D eigenvalue weighted by atomic mass is 35.5. The van der Waals surface area contributed by atoms with E-state index in [2.05, 4.69) is 10.6 Å². The summed E-state index contributed by atoms with van der Waals surface area (Å²) in [6, 6.07) is 6.63. The second kappa shape index (κ2) is 8.36. The zero-order valence-electron chi connectivity index (χ0n) is 12.2. The molecule has 0 fully saturated rings. The third-order valence-electron chi connectivity index (χ3n) is 2.28. The molecule has 21 heavy (non-hydrogen) atoms. The summed E-state index contributed by atoms with van der Waals surface area (Å²) in [5, 5.41) is 5.64. The highest BCUT2D eigenvalue weighted by Gasteiger charge is 2.12. The van der Waals surface area contributed by atoms with Crippen LogP contribution in [0.15, 0.2) is 24.3 Å². The van der Waals surface area contributed by atoms with E-state index in [0.29, 0.717) is 10.7 Å². The van der Waals surface area contributed by atoms with Gasteiger partial charge in [-0.25, -0.2) is 9.59 Å². The normalized spacial score (nSPS) is 11.7. The van der Waals surface area contributed by atoms with Crippen LogP contribution in [0, 0.1) is 0 Å². The Bertz CT molecular complexity index is 476. The van der Waals surface area contributed by atoms with Gasteiger partial charge in [0.15, 0.2) is 0 Å². The molecule has 0 heterocycles. The van der Waals surface area contributed by atoms with Gasteiger partial charge >= 0.3 is 12.2 Å². The van der Waals surface area contributed by atoms with E-state index in [-0.39, 0.29) is 12.6 Å². The molecule has 2 N–H and O–H groups in total. The van der Waals surface area contributed by atoms with Gasteiger partial charge in [-0.1, -0.05) is 11.6 Å². The van der Waals surface area contributed by atoms with Crippen LogP contribution in [0.2, 0.25) is 5.02 Å². The van der Waals surface area contributed by atoms with Crippen molar-refractivity contribution >= 4 is 29.5 Å². The van der Waals surface area contributed by atoms with Crippen LogP contribution in [0.5, 0.6) is 0 Å². The lowest BCUT2D eigenvalue weighted by atomic mass is 10.3. The number of benzene rings is 1. The van der Waals surface area contributed by atoms with Crippen molar-refractivity contribution in [2.24, 2.45) is 0 Å². The highest BCUT2D eigenvalue weighted by molar-refractivity contribution is 6.30.